The standard InChI is InChI=1S/C15H20N4OS/c1-9-5-3-6-10(2)19(9)18-14(20)13-12(16)11-7-4-8-17-15(11)21-13/h4,7-10H,3,5-6,16H2,1-2H3,(H,18,20). The van der Waals surface area contributed by atoms with E-state index in [1.54, 1.807) is 6.20 Å². The molecule has 1 aliphatic heterocycles. The van der Waals surface area contributed by atoms with Crippen molar-refractivity contribution in [1.29, 1.82) is 0 Å². The van der Waals surface area contributed by atoms with Crippen LogP contribution in [0.15, 0.2) is 18.3 Å². The van der Waals surface area contributed by atoms with Gasteiger partial charge >= 0.3 is 0 Å². The van der Waals surface area contributed by atoms with Gasteiger partial charge in [0.05, 0.1) is 5.69 Å². The number of nitrogens with zero attached hydrogens (tertiary/aromatic N) is 2. The third-order valence-corrected chi connectivity index (χ3v) is 5.26. The molecule has 3 heterocycles. The molecule has 0 aromatic carbocycles. The highest BCUT2D eigenvalue weighted by Crippen LogP contribution is 2.32. The molecule has 0 aliphatic carbocycles. The Hall–Kier alpha value is -1.66. The average Bonchev–Trinajstić information content (AvgIpc) is 2.81. The Bertz CT molecular complexity index is 659. The largest absolute Gasteiger partial charge is 0.397 e. The molecule has 2 aromatic rings. The van der Waals surface area contributed by atoms with Crippen LogP contribution in [0.5, 0.6) is 0 Å². The topological polar surface area (TPSA) is 71.2 Å². The smallest absolute Gasteiger partial charge is 0.277 e. The number of nitrogens with two attached hydrogens (primary N) is 1. The molecule has 3 rings (SSSR count). The maximum absolute atomic E-state index is 12.5. The second-order valence-electron chi connectivity index (χ2n) is 5.68. The number of aromatic nitrogens is 1. The predicted molar refractivity (Wildman–Crippen MR) is 86.1 cm³/mol. The summed E-state index contributed by atoms with van der Waals surface area (Å²) in [5.74, 6) is -0.129. The molecule has 0 bridgehead atoms. The Morgan fingerprint density at radius 1 is 1.43 bits per heavy atom. The third kappa shape index (κ3) is 2.61. The molecule has 6 heteroatoms. The van der Waals surface area contributed by atoms with Crippen LogP contribution in [0.1, 0.15) is 42.8 Å². The van der Waals surface area contributed by atoms with Crippen molar-refractivity contribution in [1.82, 2.24) is 15.4 Å². The first kappa shape index (κ1) is 14.3. The van der Waals surface area contributed by atoms with Crippen molar-refractivity contribution in [2.24, 2.45) is 0 Å². The number of pyridine rings is 1. The fourth-order valence-corrected chi connectivity index (χ4v) is 3.88. The number of fused-ring (bicyclic) bond motifs is 1. The molecular weight excluding hydrogens is 284 g/mol. The molecule has 0 radical (unpaired) electrons. The normalized spacial score (nSPS) is 23.3. The van der Waals surface area contributed by atoms with Crippen LogP contribution in [0.4, 0.5) is 5.69 Å². The lowest BCUT2D eigenvalue weighted by atomic mass is 10.00. The fraction of sp³-hybridized carbons (Fsp3) is 0.467. The van der Waals surface area contributed by atoms with E-state index in [0.29, 0.717) is 22.6 Å². The van der Waals surface area contributed by atoms with Crippen LogP contribution in [0.3, 0.4) is 0 Å². The van der Waals surface area contributed by atoms with Crippen LogP contribution in [0, 0.1) is 0 Å². The lowest BCUT2D eigenvalue weighted by Crippen LogP contribution is -2.54. The summed E-state index contributed by atoms with van der Waals surface area (Å²) in [7, 11) is 0. The molecule has 0 spiro atoms. The molecule has 1 fully saturated rings. The van der Waals surface area contributed by atoms with E-state index in [1.807, 2.05) is 12.1 Å². The number of nitrogens with one attached hydrogen (secondary N) is 1. The molecule has 21 heavy (non-hydrogen) atoms. The van der Waals surface area contributed by atoms with Crippen molar-refractivity contribution in [2.75, 3.05) is 5.73 Å². The van der Waals surface area contributed by atoms with Gasteiger partial charge in [-0.25, -0.2) is 9.99 Å². The number of amides is 1. The van der Waals surface area contributed by atoms with Gasteiger partial charge < -0.3 is 5.73 Å². The zero-order valence-electron chi connectivity index (χ0n) is 12.3. The second kappa shape index (κ2) is 5.61. The molecule has 3 N–H and O–H groups in total. The highest BCUT2D eigenvalue weighted by atomic mass is 32.1. The van der Waals surface area contributed by atoms with Gasteiger partial charge in [-0.2, -0.15) is 0 Å². The minimum atomic E-state index is -0.129. The highest BCUT2D eigenvalue weighted by Gasteiger charge is 2.27. The summed E-state index contributed by atoms with van der Waals surface area (Å²) < 4.78 is 0. The van der Waals surface area contributed by atoms with Crippen molar-refractivity contribution in [3.63, 3.8) is 0 Å². The third-order valence-electron chi connectivity index (χ3n) is 4.14. The molecule has 112 valence electrons. The first-order valence-corrected chi connectivity index (χ1v) is 8.12. The van der Waals surface area contributed by atoms with E-state index in [1.165, 1.54) is 17.8 Å². The first-order chi connectivity index (χ1) is 10.1. The fourth-order valence-electron chi connectivity index (χ4n) is 2.93. The Labute approximate surface area is 128 Å². The Balaban J connectivity index is 1.85. The van der Waals surface area contributed by atoms with Crippen molar-refractivity contribution >= 4 is 33.1 Å². The Morgan fingerprint density at radius 3 is 2.81 bits per heavy atom. The Kier molecular flexibility index (Phi) is 3.82. The summed E-state index contributed by atoms with van der Waals surface area (Å²) >= 11 is 1.35. The molecule has 5 nitrogen and oxygen atoms in total. The SMILES string of the molecule is CC1CCCC(C)N1NC(=O)c1sc2ncccc2c1N. The molecule has 1 amide bonds. The van der Waals surface area contributed by atoms with Gasteiger partial charge in [-0.3, -0.25) is 10.2 Å². The number of hydrogen-bond donors (Lipinski definition) is 2. The number of piperidine rings is 1. The summed E-state index contributed by atoms with van der Waals surface area (Å²) in [6, 6.07) is 4.44. The quantitative estimate of drug-likeness (QED) is 0.895. The number of hydrogen-bond acceptors (Lipinski definition) is 5. The average molecular weight is 304 g/mol. The van der Waals surface area contributed by atoms with E-state index in [-0.39, 0.29) is 5.91 Å². The van der Waals surface area contributed by atoms with Crippen LogP contribution in [-0.2, 0) is 0 Å². The number of rotatable bonds is 2. The van der Waals surface area contributed by atoms with Crippen LogP contribution < -0.4 is 11.2 Å². The molecule has 2 unspecified atom stereocenters. The van der Waals surface area contributed by atoms with E-state index in [2.05, 4.69) is 29.3 Å². The summed E-state index contributed by atoms with van der Waals surface area (Å²) in [5.41, 5.74) is 9.66. The van der Waals surface area contributed by atoms with E-state index >= 15 is 0 Å². The minimum absolute atomic E-state index is 0.129. The predicted octanol–water partition coefficient (Wildman–Crippen LogP) is 2.79. The number of anilines is 1. The van der Waals surface area contributed by atoms with Gasteiger partial charge in [-0.05, 0) is 38.8 Å². The van der Waals surface area contributed by atoms with Crippen molar-refractivity contribution in [3.05, 3.63) is 23.2 Å². The molecule has 1 saturated heterocycles. The zero-order chi connectivity index (χ0) is 15.0. The van der Waals surface area contributed by atoms with Crippen molar-refractivity contribution in [3.8, 4) is 0 Å². The van der Waals surface area contributed by atoms with E-state index < -0.39 is 0 Å². The van der Waals surface area contributed by atoms with Crippen molar-refractivity contribution in [2.45, 2.75) is 45.2 Å². The number of carbonyl (C=O) groups is 1. The van der Waals surface area contributed by atoms with Crippen LogP contribution in [0.2, 0.25) is 0 Å². The molecule has 2 atom stereocenters. The van der Waals surface area contributed by atoms with Gasteiger partial charge in [0.1, 0.15) is 9.71 Å². The van der Waals surface area contributed by atoms with Crippen LogP contribution in [-0.4, -0.2) is 28.0 Å². The van der Waals surface area contributed by atoms with E-state index in [9.17, 15) is 4.79 Å². The number of hydrazine groups is 1. The summed E-state index contributed by atoms with van der Waals surface area (Å²) in [6.45, 7) is 4.29. The van der Waals surface area contributed by atoms with Gasteiger partial charge in [0.25, 0.3) is 5.91 Å². The molecule has 0 saturated carbocycles. The first-order valence-electron chi connectivity index (χ1n) is 7.30. The van der Waals surface area contributed by atoms with Gasteiger partial charge in [0.15, 0.2) is 0 Å². The van der Waals surface area contributed by atoms with E-state index in [4.69, 9.17) is 5.73 Å². The second-order valence-corrected chi connectivity index (χ2v) is 6.68. The minimum Gasteiger partial charge on any atom is -0.397 e. The molecule has 1 aliphatic rings. The lowest BCUT2D eigenvalue weighted by molar-refractivity contribution is 0.0373. The van der Waals surface area contributed by atoms with Gasteiger partial charge in [-0.15, -0.1) is 11.3 Å². The lowest BCUT2D eigenvalue weighted by Gasteiger charge is -2.38. The molecule has 2 aromatic heterocycles. The van der Waals surface area contributed by atoms with Gasteiger partial charge in [0.2, 0.25) is 0 Å². The maximum Gasteiger partial charge on any atom is 0.277 e. The van der Waals surface area contributed by atoms with Gasteiger partial charge in [-0.1, -0.05) is 6.42 Å². The van der Waals surface area contributed by atoms with Crippen molar-refractivity contribution < 1.29 is 4.79 Å². The number of nitrogen functional groups attached to an aromatic ring is 1. The highest BCUT2D eigenvalue weighted by molar-refractivity contribution is 7.21. The maximum atomic E-state index is 12.5. The Morgan fingerprint density at radius 2 is 2.14 bits per heavy atom. The number of carbonyl (C=O) groups excluding carboxylic acids is 1. The zero-order valence-corrected chi connectivity index (χ0v) is 13.1. The monoisotopic (exact) mass is 304 g/mol. The summed E-state index contributed by atoms with van der Waals surface area (Å²) in [6.07, 6.45) is 5.14. The van der Waals surface area contributed by atoms with E-state index in [0.717, 1.165) is 23.1 Å². The summed E-state index contributed by atoms with van der Waals surface area (Å²) in [4.78, 5) is 18.2. The van der Waals surface area contributed by atoms with Crippen LogP contribution in [0.25, 0.3) is 10.2 Å². The molecular formula is C15H20N4OS. The van der Waals surface area contributed by atoms with Crippen LogP contribution >= 0.6 is 11.3 Å². The summed E-state index contributed by atoms with van der Waals surface area (Å²) in [5, 5.41) is 2.91. The number of thiophene rings is 1. The van der Waals surface area contributed by atoms with Gasteiger partial charge in [0, 0.05) is 23.7 Å².